The first-order valence-electron chi connectivity index (χ1n) is 12.8. The topological polar surface area (TPSA) is 97.0 Å². The fraction of sp³-hybridized carbons (Fsp3) is 0.286. The number of thiophene rings is 2. The number of carbonyl (C=O) groups is 2. The lowest BCUT2D eigenvalue weighted by Gasteiger charge is -2.27. The van der Waals surface area contributed by atoms with E-state index in [1.54, 1.807) is 11.0 Å². The van der Waals surface area contributed by atoms with Crippen LogP contribution in [0.1, 0.15) is 43.0 Å². The number of nitrogens with zero attached hydrogens (tertiary/aromatic N) is 5. The van der Waals surface area contributed by atoms with E-state index in [-0.39, 0.29) is 47.9 Å². The molecule has 2 aliphatic rings. The van der Waals surface area contributed by atoms with E-state index >= 15 is 0 Å². The van der Waals surface area contributed by atoms with Gasteiger partial charge in [-0.05, 0) is 42.5 Å². The van der Waals surface area contributed by atoms with Crippen LogP contribution in [0.25, 0.3) is 10.2 Å². The number of hydrogen-bond donors (Lipinski definition) is 0. The predicted molar refractivity (Wildman–Crippen MR) is 156 cm³/mol. The Kier molecular flexibility index (Phi) is 7.18. The minimum atomic E-state index is -4.69. The van der Waals surface area contributed by atoms with Gasteiger partial charge < -0.3 is 4.90 Å². The highest BCUT2D eigenvalue weighted by Crippen LogP contribution is 2.52. The summed E-state index contributed by atoms with van der Waals surface area (Å²) in [5.41, 5.74) is -1.36. The van der Waals surface area contributed by atoms with E-state index < -0.39 is 17.7 Å². The van der Waals surface area contributed by atoms with Crippen LogP contribution in [0.4, 0.5) is 13.2 Å². The molecule has 8 nitrogen and oxygen atoms in total. The van der Waals surface area contributed by atoms with Crippen molar-refractivity contribution in [2.24, 2.45) is 10.2 Å². The Hall–Kier alpha value is -3.62. The molecular weight excluding hydrogens is 608 g/mol. The Morgan fingerprint density at radius 3 is 2.64 bits per heavy atom. The number of allylic oxidation sites excluding steroid dienone is 1. The van der Waals surface area contributed by atoms with Crippen molar-refractivity contribution in [1.29, 1.82) is 0 Å². The van der Waals surface area contributed by atoms with Crippen LogP contribution >= 0.6 is 34.4 Å². The monoisotopic (exact) mass is 629 g/mol. The van der Waals surface area contributed by atoms with Gasteiger partial charge in [0.1, 0.15) is 4.83 Å². The number of Topliss-reactive ketones (excluding diaryl/α,β-unsaturated/α-hetero) is 1. The summed E-state index contributed by atoms with van der Waals surface area (Å²) in [7, 11) is 0. The Balaban J connectivity index is 1.29. The second kappa shape index (κ2) is 10.6. The zero-order valence-electron chi connectivity index (χ0n) is 22.1. The molecule has 4 aromatic rings. The third-order valence-electron chi connectivity index (χ3n) is 6.98. The third-order valence-corrected chi connectivity index (χ3v) is 9.97. The second-order valence-electron chi connectivity index (χ2n) is 10.0. The Morgan fingerprint density at radius 2 is 1.98 bits per heavy atom. The zero-order valence-corrected chi connectivity index (χ0v) is 24.6. The van der Waals surface area contributed by atoms with Crippen LogP contribution in [-0.2, 0) is 25.2 Å². The summed E-state index contributed by atoms with van der Waals surface area (Å²) < 4.78 is 42.1. The Bertz CT molecular complexity index is 1840. The number of benzene rings is 1. The normalized spacial score (nSPS) is 15.6. The molecular formula is C28H22F3N5O3S3. The Morgan fingerprint density at radius 1 is 1.19 bits per heavy atom. The number of amides is 1. The molecule has 14 heteroatoms. The smallest absolute Gasteiger partial charge is 0.333 e. The van der Waals surface area contributed by atoms with E-state index in [0.717, 1.165) is 16.0 Å². The van der Waals surface area contributed by atoms with Crippen LogP contribution in [-0.4, -0.2) is 44.6 Å². The van der Waals surface area contributed by atoms with Gasteiger partial charge in [0.15, 0.2) is 10.9 Å². The molecule has 3 aromatic heterocycles. The molecule has 6 rings (SSSR count). The standard InChI is InChI=1S/C28H22F3N5O3S3/c1-15(2)12-36-25(39)22-18-8-9-35(24(38)16-5-3-6-17(11-16)27(33-34-27)28(29,30)31)13-21(18)42-23(22)32-26(36)41-14-19(37)20-7-4-10-40-20/h3-7,10-11H,1,8-9,12-14H2,2H3. The predicted octanol–water partition coefficient (Wildman–Crippen LogP) is 6.45. The first-order chi connectivity index (χ1) is 20.0. The van der Waals surface area contributed by atoms with E-state index in [9.17, 15) is 27.6 Å². The number of hydrogen-bond acceptors (Lipinski definition) is 9. The van der Waals surface area contributed by atoms with Gasteiger partial charge in [-0.3, -0.25) is 19.0 Å². The molecule has 0 spiro atoms. The number of ketones is 1. The molecule has 0 N–H and O–H groups in total. The van der Waals surface area contributed by atoms with Gasteiger partial charge in [-0.15, -0.1) is 32.9 Å². The number of halogens is 3. The SMILES string of the molecule is C=C(C)Cn1c(SCC(=O)c2cccs2)nc2sc3c(c2c1=O)CCN(C(=O)c1cccc(C2(C(F)(F)F)N=N2)c1)C3. The van der Waals surface area contributed by atoms with Crippen molar-refractivity contribution in [3.63, 3.8) is 0 Å². The first-order valence-corrected chi connectivity index (χ1v) is 15.5. The fourth-order valence-electron chi connectivity index (χ4n) is 4.88. The molecule has 0 bridgehead atoms. The van der Waals surface area contributed by atoms with Crippen molar-refractivity contribution in [2.45, 2.75) is 43.4 Å². The average Bonchev–Trinajstić information content (AvgIpc) is 3.45. The molecule has 1 aromatic carbocycles. The number of thioether (sulfide) groups is 1. The molecule has 1 amide bonds. The average molecular weight is 630 g/mol. The molecule has 0 aliphatic carbocycles. The molecule has 216 valence electrons. The van der Waals surface area contributed by atoms with Crippen LogP contribution < -0.4 is 5.56 Å². The van der Waals surface area contributed by atoms with Gasteiger partial charge in [-0.25, -0.2) is 4.98 Å². The van der Waals surface area contributed by atoms with Crippen LogP contribution in [0.5, 0.6) is 0 Å². The second-order valence-corrected chi connectivity index (χ2v) is 13.0. The lowest BCUT2D eigenvalue weighted by atomic mass is 9.99. The summed E-state index contributed by atoms with van der Waals surface area (Å²) in [6.07, 6.45) is -4.30. The zero-order chi connectivity index (χ0) is 29.8. The molecule has 5 heterocycles. The van der Waals surface area contributed by atoms with E-state index in [1.807, 2.05) is 18.4 Å². The van der Waals surface area contributed by atoms with E-state index in [4.69, 9.17) is 4.98 Å². The quantitative estimate of drug-likeness (QED) is 0.0966. The molecule has 2 aliphatic heterocycles. The van der Waals surface area contributed by atoms with Crippen molar-refractivity contribution >= 4 is 56.3 Å². The van der Waals surface area contributed by atoms with Crippen LogP contribution in [0, 0.1) is 0 Å². The number of alkyl halides is 3. The van der Waals surface area contributed by atoms with Gasteiger partial charge in [-0.1, -0.05) is 42.1 Å². The van der Waals surface area contributed by atoms with Crippen LogP contribution in [0.3, 0.4) is 0 Å². The number of carbonyl (C=O) groups excluding carboxylic acids is 2. The fourth-order valence-corrected chi connectivity index (χ4v) is 7.80. The van der Waals surface area contributed by atoms with Crippen LogP contribution in [0.15, 0.2) is 74.1 Å². The largest absolute Gasteiger partial charge is 0.442 e. The highest BCUT2D eigenvalue weighted by molar-refractivity contribution is 7.99. The van der Waals surface area contributed by atoms with Gasteiger partial charge in [0.2, 0.25) is 0 Å². The van der Waals surface area contributed by atoms with Gasteiger partial charge >= 0.3 is 11.8 Å². The number of aromatic nitrogens is 2. The van der Waals surface area contributed by atoms with Crippen molar-refractivity contribution in [3.05, 3.63) is 90.7 Å². The number of fused-ring (bicyclic) bond motifs is 3. The summed E-state index contributed by atoms with van der Waals surface area (Å²) in [5, 5.41) is 9.20. The van der Waals surface area contributed by atoms with Crippen molar-refractivity contribution in [1.82, 2.24) is 14.5 Å². The molecule has 0 saturated heterocycles. The lowest BCUT2D eigenvalue weighted by molar-refractivity contribution is -0.166. The highest BCUT2D eigenvalue weighted by atomic mass is 32.2. The van der Waals surface area contributed by atoms with E-state index in [1.165, 1.54) is 63.3 Å². The van der Waals surface area contributed by atoms with Crippen molar-refractivity contribution < 1.29 is 22.8 Å². The molecule has 42 heavy (non-hydrogen) atoms. The minimum absolute atomic E-state index is 0.0555. The van der Waals surface area contributed by atoms with E-state index in [0.29, 0.717) is 26.7 Å². The van der Waals surface area contributed by atoms with Gasteiger partial charge in [0.05, 0.1) is 22.6 Å². The summed E-state index contributed by atoms with van der Waals surface area (Å²) in [6.45, 7) is 6.48. The summed E-state index contributed by atoms with van der Waals surface area (Å²) in [6, 6.07) is 8.88. The molecule has 0 unspecified atom stereocenters. The molecule has 0 radical (unpaired) electrons. The maximum atomic E-state index is 13.7. The number of rotatable bonds is 8. The van der Waals surface area contributed by atoms with Gasteiger partial charge in [-0.2, -0.15) is 13.2 Å². The van der Waals surface area contributed by atoms with Gasteiger partial charge in [0.25, 0.3) is 11.5 Å². The summed E-state index contributed by atoms with van der Waals surface area (Å²) in [4.78, 5) is 48.0. The highest BCUT2D eigenvalue weighted by Gasteiger charge is 2.65. The minimum Gasteiger partial charge on any atom is -0.333 e. The van der Waals surface area contributed by atoms with Gasteiger partial charge in [0, 0.05) is 29.1 Å². The van der Waals surface area contributed by atoms with Crippen molar-refractivity contribution in [3.8, 4) is 0 Å². The third kappa shape index (κ3) is 5.01. The summed E-state index contributed by atoms with van der Waals surface area (Å²) in [5.74, 6) is -0.355. The first kappa shape index (κ1) is 28.5. The van der Waals surface area contributed by atoms with Crippen LogP contribution in [0.2, 0.25) is 0 Å². The Labute approximate surface area is 249 Å². The molecule has 0 saturated carbocycles. The maximum absolute atomic E-state index is 13.7. The lowest BCUT2D eigenvalue weighted by Crippen LogP contribution is -2.36. The van der Waals surface area contributed by atoms with E-state index in [2.05, 4.69) is 16.8 Å². The molecule has 0 atom stereocenters. The summed E-state index contributed by atoms with van der Waals surface area (Å²) >= 11 is 3.86. The molecule has 0 fully saturated rings. The van der Waals surface area contributed by atoms with Crippen molar-refractivity contribution in [2.75, 3.05) is 12.3 Å². The maximum Gasteiger partial charge on any atom is 0.442 e.